The molecule has 0 aromatic rings. The summed E-state index contributed by atoms with van der Waals surface area (Å²) in [6.07, 6.45) is 10.8. The van der Waals surface area contributed by atoms with Crippen LogP contribution in [0.2, 0.25) is 0 Å². The Morgan fingerprint density at radius 1 is 0.679 bits per heavy atom. The van der Waals surface area contributed by atoms with Crippen molar-refractivity contribution in [2.24, 2.45) is 9.98 Å². The molecular weight excluding hydrogens is 360 g/mol. The minimum absolute atomic E-state index is 0.186. The number of amides is 2. The third-order valence-electron chi connectivity index (χ3n) is 4.66. The van der Waals surface area contributed by atoms with E-state index in [9.17, 15) is 9.59 Å². The highest BCUT2D eigenvalue weighted by molar-refractivity contribution is 6.35. The molecule has 0 atom stereocenters. The first-order chi connectivity index (χ1) is 13.8. The molecule has 8 heteroatoms. The van der Waals surface area contributed by atoms with E-state index in [1.807, 2.05) is 0 Å². The van der Waals surface area contributed by atoms with Crippen LogP contribution in [0.1, 0.15) is 64.2 Å². The fourth-order valence-electron chi connectivity index (χ4n) is 3.06. The van der Waals surface area contributed by atoms with E-state index in [-0.39, 0.29) is 23.6 Å². The highest BCUT2D eigenvalue weighted by Crippen LogP contribution is 2.08. The van der Waals surface area contributed by atoms with E-state index < -0.39 is 0 Å². The number of carbonyl (C=O) groups is 2. The molecule has 0 bridgehead atoms. The van der Waals surface area contributed by atoms with Gasteiger partial charge in [0.05, 0.1) is 13.2 Å². The van der Waals surface area contributed by atoms with E-state index in [0.29, 0.717) is 39.4 Å². The van der Waals surface area contributed by atoms with Gasteiger partial charge in [-0.3, -0.25) is 9.59 Å². The third kappa shape index (κ3) is 9.19. The van der Waals surface area contributed by atoms with E-state index >= 15 is 0 Å². The molecule has 0 fully saturated rings. The molecule has 0 saturated carbocycles. The van der Waals surface area contributed by atoms with E-state index in [1.54, 1.807) is 0 Å². The summed E-state index contributed by atoms with van der Waals surface area (Å²) in [6, 6.07) is 0. The van der Waals surface area contributed by atoms with Crippen molar-refractivity contribution in [3.63, 3.8) is 0 Å². The van der Waals surface area contributed by atoms with Crippen LogP contribution in [0.4, 0.5) is 0 Å². The fraction of sp³-hybridized carbons (Fsp3) is 0.800. The first-order valence-corrected chi connectivity index (χ1v) is 10.7. The van der Waals surface area contributed by atoms with Crippen molar-refractivity contribution in [3.8, 4) is 0 Å². The van der Waals surface area contributed by atoms with Crippen LogP contribution >= 0.6 is 0 Å². The average molecular weight is 395 g/mol. The Balaban J connectivity index is 1.33. The summed E-state index contributed by atoms with van der Waals surface area (Å²) in [6.45, 7) is 3.88. The number of nitrogens with zero attached hydrogens (tertiary/aromatic N) is 2. The maximum absolute atomic E-state index is 11.8. The number of nitrogens with one attached hydrogen (secondary N) is 2. The smallest absolute Gasteiger partial charge is 0.306 e. The molecule has 0 spiro atoms. The Labute approximate surface area is 167 Å². The average Bonchev–Trinajstić information content (AvgIpc) is 2.75. The van der Waals surface area contributed by atoms with Gasteiger partial charge in [-0.25, -0.2) is 9.98 Å². The van der Waals surface area contributed by atoms with Gasteiger partial charge in [-0.1, -0.05) is 38.5 Å². The molecule has 0 radical (unpaired) electrons. The van der Waals surface area contributed by atoms with Gasteiger partial charge >= 0.3 is 11.8 Å². The lowest BCUT2D eigenvalue weighted by atomic mass is 10.1. The summed E-state index contributed by atoms with van der Waals surface area (Å²) in [5, 5.41) is 5.73. The summed E-state index contributed by atoms with van der Waals surface area (Å²) in [7, 11) is 0. The molecule has 2 aliphatic heterocycles. The Kier molecular flexibility index (Phi) is 11.1. The molecule has 0 aromatic carbocycles. The monoisotopic (exact) mass is 394 g/mol. The molecule has 2 amide bonds. The van der Waals surface area contributed by atoms with E-state index in [2.05, 4.69) is 20.6 Å². The van der Waals surface area contributed by atoms with Gasteiger partial charge in [0.25, 0.3) is 11.8 Å². The van der Waals surface area contributed by atoms with Crippen molar-refractivity contribution in [2.45, 2.75) is 64.2 Å². The number of unbranched alkanes of at least 4 members (excludes halogenated alkanes) is 7. The second kappa shape index (κ2) is 14.0. The molecule has 2 rings (SSSR count). The lowest BCUT2D eigenvalue weighted by Crippen LogP contribution is -2.35. The van der Waals surface area contributed by atoms with Crippen LogP contribution in [0.15, 0.2) is 9.98 Å². The molecule has 28 heavy (non-hydrogen) atoms. The van der Waals surface area contributed by atoms with Gasteiger partial charge in [0.2, 0.25) is 0 Å². The van der Waals surface area contributed by atoms with Crippen molar-refractivity contribution in [2.75, 3.05) is 39.4 Å². The zero-order chi connectivity index (χ0) is 19.9. The van der Waals surface area contributed by atoms with Gasteiger partial charge in [-0.2, -0.15) is 0 Å². The normalized spacial score (nSPS) is 16.3. The standard InChI is InChI=1S/C20H34N4O4/c25-17(19-23-13-9-15-27-19)21-11-7-5-3-1-2-4-6-8-12-22-18(26)20-24-14-10-16-28-20/h1-16H2,(H,21,25)(H,22,26). The molecular formula is C20H34N4O4. The molecule has 0 unspecified atom stereocenters. The van der Waals surface area contributed by atoms with Crippen LogP contribution in [0.25, 0.3) is 0 Å². The van der Waals surface area contributed by atoms with Crippen LogP contribution in [0.5, 0.6) is 0 Å². The predicted octanol–water partition coefficient (Wildman–Crippen LogP) is 1.98. The number of aliphatic imine (C=N–C) groups is 2. The minimum Gasteiger partial charge on any atom is -0.474 e. The second-order valence-corrected chi connectivity index (χ2v) is 7.12. The van der Waals surface area contributed by atoms with E-state index in [4.69, 9.17) is 9.47 Å². The number of hydrogen-bond donors (Lipinski definition) is 2. The predicted molar refractivity (Wildman–Crippen MR) is 109 cm³/mol. The minimum atomic E-state index is -0.186. The summed E-state index contributed by atoms with van der Waals surface area (Å²) >= 11 is 0. The summed E-state index contributed by atoms with van der Waals surface area (Å²) < 4.78 is 10.5. The largest absolute Gasteiger partial charge is 0.474 e. The van der Waals surface area contributed by atoms with Crippen molar-refractivity contribution >= 4 is 23.6 Å². The lowest BCUT2D eigenvalue weighted by molar-refractivity contribution is -0.117. The molecule has 0 saturated heterocycles. The number of hydrogen-bond acceptors (Lipinski definition) is 6. The van der Waals surface area contributed by atoms with Gasteiger partial charge < -0.3 is 20.1 Å². The number of carbonyl (C=O) groups excluding carboxylic acids is 2. The Bertz CT molecular complexity index is 500. The molecule has 158 valence electrons. The zero-order valence-corrected chi connectivity index (χ0v) is 16.8. The maximum atomic E-state index is 11.8. The van der Waals surface area contributed by atoms with Gasteiger partial charge in [0.15, 0.2) is 0 Å². The van der Waals surface area contributed by atoms with Gasteiger partial charge in [0, 0.05) is 39.0 Å². The Morgan fingerprint density at radius 2 is 1.07 bits per heavy atom. The van der Waals surface area contributed by atoms with E-state index in [1.165, 1.54) is 25.7 Å². The molecule has 0 aromatic heterocycles. The van der Waals surface area contributed by atoms with Crippen LogP contribution in [-0.4, -0.2) is 63.0 Å². The molecule has 2 N–H and O–H groups in total. The summed E-state index contributed by atoms with van der Waals surface area (Å²) in [4.78, 5) is 31.7. The zero-order valence-electron chi connectivity index (χ0n) is 16.8. The van der Waals surface area contributed by atoms with E-state index in [0.717, 1.165) is 38.5 Å². The van der Waals surface area contributed by atoms with Crippen LogP contribution in [0, 0.1) is 0 Å². The molecule has 2 heterocycles. The molecule has 0 aliphatic carbocycles. The highest BCUT2D eigenvalue weighted by Gasteiger charge is 2.15. The SMILES string of the molecule is O=C(NCCCCCCCCCCNC(=O)C1=NCCCO1)C1=NCCCO1. The lowest BCUT2D eigenvalue weighted by Gasteiger charge is -2.13. The van der Waals surface area contributed by atoms with Crippen LogP contribution < -0.4 is 10.6 Å². The number of rotatable bonds is 13. The fourth-order valence-corrected chi connectivity index (χ4v) is 3.06. The second-order valence-electron chi connectivity index (χ2n) is 7.12. The van der Waals surface area contributed by atoms with Crippen molar-refractivity contribution in [1.82, 2.24) is 10.6 Å². The van der Waals surface area contributed by atoms with Crippen molar-refractivity contribution in [1.29, 1.82) is 0 Å². The summed E-state index contributed by atoms with van der Waals surface area (Å²) in [5.41, 5.74) is 0. The quantitative estimate of drug-likeness (QED) is 0.466. The van der Waals surface area contributed by atoms with Crippen molar-refractivity contribution in [3.05, 3.63) is 0 Å². The summed E-state index contributed by atoms with van der Waals surface area (Å²) in [5.74, 6) is 0.103. The first kappa shape index (κ1) is 22.2. The first-order valence-electron chi connectivity index (χ1n) is 10.7. The molecule has 8 nitrogen and oxygen atoms in total. The van der Waals surface area contributed by atoms with Crippen molar-refractivity contribution < 1.29 is 19.1 Å². The number of ether oxygens (including phenoxy) is 2. The maximum Gasteiger partial charge on any atom is 0.306 e. The van der Waals surface area contributed by atoms with Gasteiger partial charge in [-0.05, 0) is 12.8 Å². The Hall–Kier alpha value is -2.12. The van der Waals surface area contributed by atoms with Gasteiger partial charge in [0.1, 0.15) is 0 Å². The highest BCUT2D eigenvalue weighted by atomic mass is 16.5. The Morgan fingerprint density at radius 3 is 1.43 bits per heavy atom. The van der Waals surface area contributed by atoms with Crippen LogP contribution in [-0.2, 0) is 19.1 Å². The molecule has 2 aliphatic rings. The van der Waals surface area contributed by atoms with Gasteiger partial charge in [-0.15, -0.1) is 0 Å². The van der Waals surface area contributed by atoms with Crippen LogP contribution in [0.3, 0.4) is 0 Å². The topological polar surface area (TPSA) is 101 Å². The third-order valence-corrected chi connectivity index (χ3v) is 4.66.